The summed E-state index contributed by atoms with van der Waals surface area (Å²) in [5.41, 5.74) is 0. The molecular weight excluding hydrogens is 454 g/mol. The van der Waals surface area contributed by atoms with E-state index in [1.807, 2.05) is 0 Å². The van der Waals surface area contributed by atoms with Gasteiger partial charge in [-0.3, -0.25) is 4.79 Å². The largest absolute Gasteiger partial charge is 0.393 e. The van der Waals surface area contributed by atoms with Gasteiger partial charge in [-0.15, -0.1) is 0 Å². The molecule has 0 aliphatic carbocycles. The summed E-state index contributed by atoms with van der Waals surface area (Å²) in [5.74, 6) is -0.464. The maximum atomic E-state index is 13.2. The molecule has 0 aromatic heterocycles. The van der Waals surface area contributed by atoms with E-state index in [4.69, 9.17) is 0 Å². The van der Waals surface area contributed by atoms with Crippen LogP contribution < -0.4 is 0 Å². The number of benzene rings is 1. The minimum absolute atomic E-state index is 0.0187. The van der Waals surface area contributed by atoms with Gasteiger partial charge in [0.15, 0.2) is 0 Å². The van der Waals surface area contributed by atoms with Gasteiger partial charge in [-0.25, -0.2) is 16.8 Å². The zero-order chi connectivity index (χ0) is 23.5. The molecule has 0 unspecified atom stereocenters. The van der Waals surface area contributed by atoms with Crippen LogP contribution in [0.4, 0.5) is 0 Å². The summed E-state index contributed by atoms with van der Waals surface area (Å²) < 4.78 is 54.3. The predicted octanol–water partition coefficient (Wildman–Crippen LogP) is 1.10. The van der Waals surface area contributed by atoms with E-state index in [0.29, 0.717) is 58.4 Å². The van der Waals surface area contributed by atoms with Gasteiger partial charge in [0.1, 0.15) is 0 Å². The summed E-state index contributed by atoms with van der Waals surface area (Å²) in [6, 6.07) is 5.30. The van der Waals surface area contributed by atoms with Gasteiger partial charge in [0.05, 0.1) is 21.8 Å². The summed E-state index contributed by atoms with van der Waals surface area (Å²) in [5, 5.41) is 9.66. The van der Waals surface area contributed by atoms with Crippen molar-refractivity contribution in [2.75, 3.05) is 39.3 Å². The van der Waals surface area contributed by atoms with E-state index in [1.165, 1.54) is 32.9 Å². The Morgan fingerprint density at radius 1 is 0.969 bits per heavy atom. The molecule has 1 aromatic rings. The van der Waals surface area contributed by atoms with Crippen LogP contribution in [0.2, 0.25) is 0 Å². The van der Waals surface area contributed by atoms with Gasteiger partial charge in [0, 0.05) is 39.3 Å². The third-order valence-electron chi connectivity index (χ3n) is 6.31. The summed E-state index contributed by atoms with van der Waals surface area (Å²) in [7, 11) is -7.52. The summed E-state index contributed by atoms with van der Waals surface area (Å²) in [4.78, 5) is 14.7. The molecule has 0 bridgehead atoms. The molecule has 32 heavy (non-hydrogen) atoms. The fraction of sp³-hybridized carbons (Fsp3) is 0.667. The van der Waals surface area contributed by atoms with Crippen molar-refractivity contribution in [2.45, 2.75) is 55.4 Å². The molecule has 1 amide bonds. The van der Waals surface area contributed by atoms with Crippen molar-refractivity contribution in [2.24, 2.45) is 5.92 Å². The smallest absolute Gasteiger partial charge is 0.243 e. The molecule has 1 atom stereocenters. The average Bonchev–Trinajstić information content (AvgIpc) is 2.80. The standard InChI is InChI=1S/C21H33N3O6S2/c1-3-23(4-2)31(27,28)19-7-9-20(10-8-19)32(29,30)24-13-5-6-17(16-24)21(26)22-14-11-18(25)12-15-22/h7-10,17-18,25H,3-6,11-16H2,1-2H3/t17-/m1/s1. The van der Waals surface area contributed by atoms with Gasteiger partial charge >= 0.3 is 0 Å². The Morgan fingerprint density at radius 3 is 2.09 bits per heavy atom. The lowest BCUT2D eigenvalue weighted by Gasteiger charge is -2.36. The molecule has 1 N–H and O–H groups in total. The van der Waals surface area contributed by atoms with Gasteiger partial charge in [0.2, 0.25) is 26.0 Å². The molecule has 0 saturated carbocycles. The molecule has 1 aromatic carbocycles. The molecule has 2 heterocycles. The highest BCUT2D eigenvalue weighted by molar-refractivity contribution is 7.89. The third kappa shape index (κ3) is 5.17. The van der Waals surface area contributed by atoms with Crippen LogP contribution in [0.1, 0.15) is 39.5 Å². The summed E-state index contributed by atoms with van der Waals surface area (Å²) >= 11 is 0. The van der Waals surface area contributed by atoms with Crippen molar-refractivity contribution in [3.63, 3.8) is 0 Å². The summed E-state index contributed by atoms with van der Waals surface area (Å²) in [6.07, 6.45) is 1.92. The van der Waals surface area contributed by atoms with Gasteiger partial charge in [0.25, 0.3) is 0 Å². The van der Waals surface area contributed by atoms with Crippen molar-refractivity contribution in [1.82, 2.24) is 13.5 Å². The lowest BCUT2D eigenvalue weighted by Crippen LogP contribution is -2.49. The fourth-order valence-corrected chi connectivity index (χ4v) is 7.33. The maximum absolute atomic E-state index is 13.2. The van der Waals surface area contributed by atoms with Crippen molar-refractivity contribution in [3.8, 4) is 0 Å². The Hall–Kier alpha value is -1.53. The lowest BCUT2D eigenvalue weighted by atomic mass is 9.96. The van der Waals surface area contributed by atoms with Crippen LogP contribution in [0.5, 0.6) is 0 Å². The number of rotatable bonds is 7. The number of aliphatic hydroxyl groups is 1. The first kappa shape index (κ1) is 25.1. The van der Waals surface area contributed by atoms with Crippen LogP contribution >= 0.6 is 0 Å². The van der Waals surface area contributed by atoms with Crippen LogP contribution in [-0.4, -0.2) is 86.7 Å². The predicted molar refractivity (Wildman–Crippen MR) is 120 cm³/mol. The Balaban J connectivity index is 1.74. The quantitative estimate of drug-likeness (QED) is 0.616. The van der Waals surface area contributed by atoms with E-state index in [9.17, 15) is 26.7 Å². The number of hydrogen-bond donors (Lipinski definition) is 1. The van der Waals surface area contributed by atoms with Gasteiger partial charge in [-0.05, 0) is 49.9 Å². The molecule has 2 aliphatic rings. The zero-order valence-electron chi connectivity index (χ0n) is 18.7. The molecule has 0 spiro atoms. The molecule has 3 rings (SSSR count). The second-order valence-corrected chi connectivity index (χ2v) is 12.2. The minimum atomic E-state index is -3.85. The minimum Gasteiger partial charge on any atom is -0.393 e. The highest BCUT2D eigenvalue weighted by Crippen LogP contribution is 2.27. The Morgan fingerprint density at radius 2 is 1.53 bits per heavy atom. The van der Waals surface area contributed by atoms with Crippen LogP contribution in [0, 0.1) is 5.92 Å². The highest BCUT2D eigenvalue weighted by Gasteiger charge is 2.36. The van der Waals surface area contributed by atoms with Crippen molar-refractivity contribution >= 4 is 26.0 Å². The van der Waals surface area contributed by atoms with Crippen LogP contribution in [0.3, 0.4) is 0 Å². The second-order valence-electron chi connectivity index (χ2n) is 8.32. The van der Waals surface area contributed by atoms with Crippen LogP contribution in [-0.2, 0) is 24.8 Å². The van der Waals surface area contributed by atoms with E-state index in [0.717, 1.165) is 0 Å². The molecule has 11 heteroatoms. The first-order chi connectivity index (χ1) is 15.1. The third-order valence-corrected chi connectivity index (χ3v) is 10.3. The lowest BCUT2D eigenvalue weighted by molar-refractivity contribution is -0.138. The molecule has 180 valence electrons. The summed E-state index contributed by atoms with van der Waals surface area (Å²) in [6.45, 7) is 5.58. The zero-order valence-corrected chi connectivity index (χ0v) is 20.3. The number of sulfonamides is 2. The van der Waals surface area contributed by atoms with Crippen molar-refractivity contribution < 1.29 is 26.7 Å². The maximum Gasteiger partial charge on any atom is 0.243 e. The first-order valence-electron chi connectivity index (χ1n) is 11.2. The number of carbonyl (C=O) groups is 1. The van der Waals surface area contributed by atoms with Gasteiger partial charge in [-0.1, -0.05) is 13.8 Å². The van der Waals surface area contributed by atoms with Gasteiger partial charge < -0.3 is 10.0 Å². The van der Waals surface area contributed by atoms with E-state index >= 15 is 0 Å². The second kappa shape index (κ2) is 10.2. The number of nitrogens with zero attached hydrogens (tertiary/aromatic N) is 3. The van der Waals surface area contributed by atoms with Gasteiger partial charge in [-0.2, -0.15) is 8.61 Å². The van der Waals surface area contributed by atoms with Crippen LogP contribution in [0.25, 0.3) is 0 Å². The molecule has 2 saturated heterocycles. The van der Waals surface area contributed by atoms with E-state index in [1.54, 1.807) is 18.7 Å². The molecule has 2 aliphatic heterocycles. The monoisotopic (exact) mass is 487 g/mol. The molecule has 0 radical (unpaired) electrons. The number of piperidine rings is 2. The van der Waals surface area contributed by atoms with E-state index in [-0.39, 0.29) is 28.3 Å². The number of carbonyl (C=O) groups excluding carboxylic acids is 1. The van der Waals surface area contributed by atoms with Crippen LogP contribution in [0.15, 0.2) is 34.1 Å². The number of likely N-dealkylation sites (tertiary alicyclic amines) is 1. The molecular formula is C21H33N3O6S2. The Kier molecular flexibility index (Phi) is 7.97. The van der Waals surface area contributed by atoms with Crippen molar-refractivity contribution in [3.05, 3.63) is 24.3 Å². The Bertz CT molecular complexity index is 998. The van der Waals surface area contributed by atoms with Crippen molar-refractivity contribution in [1.29, 1.82) is 0 Å². The number of aliphatic hydroxyl groups excluding tert-OH is 1. The van der Waals surface area contributed by atoms with E-state index < -0.39 is 26.0 Å². The fourth-order valence-electron chi connectivity index (χ4n) is 4.35. The molecule has 2 fully saturated rings. The molecule has 9 nitrogen and oxygen atoms in total. The Labute approximate surface area is 191 Å². The number of amides is 1. The number of hydrogen-bond acceptors (Lipinski definition) is 6. The van der Waals surface area contributed by atoms with E-state index in [2.05, 4.69) is 0 Å². The SMILES string of the molecule is CCN(CC)S(=O)(=O)c1ccc(S(=O)(=O)N2CCC[C@@H](C(=O)N3CCC(O)CC3)C2)cc1. The topological polar surface area (TPSA) is 115 Å². The highest BCUT2D eigenvalue weighted by atomic mass is 32.2. The average molecular weight is 488 g/mol. The first-order valence-corrected chi connectivity index (χ1v) is 14.1. The normalized spacial score (nSPS) is 21.8.